The molecule has 2 heterocycles. The number of rotatable bonds is 7. The van der Waals surface area contributed by atoms with E-state index in [0.717, 1.165) is 34.3 Å². The third-order valence-electron chi connectivity index (χ3n) is 5.70. The molecule has 7 heteroatoms. The van der Waals surface area contributed by atoms with Gasteiger partial charge < -0.3 is 19.8 Å². The van der Waals surface area contributed by atoms with E-state index in [1.54, 1.807) is 31.5 Å². The van der Waals surface area contributed by atoms with Crippen molar-refractivity contribution in [3.8, 4) is 5.88 Å². The average molecular weight is 465 g/mol. The van der Waals surface area contributed by atoms with Gasteiger partial charge in [-0.2, -0.15) is 0 Å². The maximum Gasteiger partial charge on any atom is 0.338 e. The fourth-order valence-electron chi connectivity index (χ4n) is 4.04. The van der Waals surface area contributed by atoms with Gasteiger partial charge in [-0.3, -0.25) is 0 Å². The maximum absolute atomic E-state index is 12.2. The van der Waals surface area contributed by atoms with Crippen molar-refractivity contribution in [1.29, 1.82) is 0 Å². The van der Waals surface area contributed by atoms with Crippen molar-refractivity contribution in [2.75, 3.05) is 6.61 Å². The van der Waals surface area contributed by atoms with Gasteiger partial charge in [0.05, 0.1) is 35.5 Å². The summed E-state index contributed by atoms with van der Waals surface area (Å²) in [5.74, 6) is -0.420. The lowest BCUT2D eigenvalue weighted by Gasteiger charge is -2.08. The Bertz CT molecular complexity index is 1490. The molecule has 0 amide bonds. The smallest absolute Gasteiger partial charge is 0.338 e. The number of esters is 1. The minimum Gasteiger partial charge on any atom is -0.494 e. The summed E-state index contributed by atoms with van der Waals surface area (Å²) in [6.45, 7) is 2.06. The van der Waals surface area contributed by atoms with Crippen LogP contribution in [0.1, 0.15) is 39.7 Å². The molecule has 3 aromatic carbocycles. The van der Waals surface area contributed by atoms with Crippen molar-refractivity contribution in [1.82, 2.24) is 15.0 Å². The van der Waals surface area contributed by atoms with Gasteiger partial charge in [-0.15, -0.1) is 0 Å². The predicted molar refractivity (Wildman–Crippen MR) is 135 cm³/mol. The van der Waals surface area contributed by atoms with Crippen molar-refractivity contribution < 1.29 is 14.6 Å². The van der Waals surface area contributed by atoms with Crippen LogP contribution in [0.3, 0.4) is 0 Å². The summed E-state index contributed by atoms with van der Waals surface area (Å²) in [6.07, 6.45) is 4.23. The van der Waals surface area contributed by atoms with Crippen LogP contribution in [0.2, 0.25) is 0 Å². The number of benzene rings is 3. The van der Waals surface area contributed by atoms with Gasteiger partial charge in [-0.1, -0.05) is 48.5 Å². The van der Waals surface area contributed by atoms with Gasteiger partial charge in [0, 0.05) is 34.8 Å². The average Bonchev–Trinajstić information content (AvgIpc) is 3.50. The van der Waals surface area contributed by atoms with Gasteiger partial charge >= 0.3 is 5.97 Å². The first-order valence-electron chi connectivity index (χ1n) is 11.3. The molecule has 35 heavy (non-hydrogen) atoms. The third-order valence-corrected chi connectivity index (χ3v) is 5.70. The molecule has 7 nitrogen and oxygen atoms in total. The second-order valence-electron chi connectivity index (χ2n) is 8.08. The van der Waals surface area contributed by atoms with Gasteiger partial charge in [0.15, 0.2) is 5.88 Å². The number of nitrogens with one attached hydrogen (secondary N) is 2. The second-order valence-corrected chi connectivity index (χ2v) is 8.08. The highest BCUT2D eigenvalue weighted by molar-refractivity contribution is 6.22. The Kier molecular flexibility index (Phi) is 6.13. The van der Waals surface area contributed by atoms with E-state index in [1.165, 1.54) is 0 Å². The Labute approximate surface area is 202 Å². The first-order chi connectivity index (χ1) is 17.1. The van der Waals surface area contributed by atoms with Crippen LogP contribution in [0.5, 0.6) is 5.88 Å². The maximum atomic E-state index is 12.2. The Hall–Kier alpha value is -4.65. The van der Waals surface area contributed by atoms with Crippen LogP contribution >= 0.6 is 0 Å². The van der Waals surface area contributed by atoms with Gasteiger partial charge in [-0.25, -0.2) is 14.8 Å². The summed E-state index contributed by atoms with van der Waals surface area (Å²) in [5.41, 5.74) is 6.03. The highest BCUT2D eigenvalue weighted by Gasteiger charge is 2.20. The first kappa shape index (κ1) is 22.2. The minimum absolute atomic E-state index is 0.0144. The number of hydrogen-bond donors (Lipinski definition) is 3. The number of aromatic hydroxyl groups is 1. The summed E-state index contributed by atoms with van der Waals surface area (Å²) < 4.78 is 5.11. The molecule has 174 valence electrons. The molecule has 5 rings (SSSR count). The fourth-order valence-corrected chi connectivity index (χ4v) is 4.04. The van der Waals surface area contributed by atoms with Crippen LogP contribution in [-0.4, -0.2) is 38.3 Å². The quantitative estimate of drug-likeness (QED) is 0.217. The lowest BCUT2D eigenvalue weighted by molar-refractivity contribution is 0.0526. The Morgan fingerprint density at radius 1 is 1.03 bits per heavy atom. The molecule has 0 atom stereocenters. The van der Waals surface area contributed by atoms with Crippen LogP contribution in [0.25, 0.3) is 10.9 Å². The van der Waals surface area contributed by atoms with Crippen LogP contribution in [0.4, 0.5) is 5.69 Å². The summed E-state index contributed by atoms with van der Waals surface area (Å²) in [4.78, 5) is 27.3. The molecule has 0 saturated carbocycles. The van der Waals surface area contributed by atoms with Gasteiger partial charge in [0.1, 0.15) is 0 Å². The molecule has 5 aromatic rings. The van der Waals surface area contributed by atoms with E-state index in [-0.39, 0.29) is 5.88 Å². The van der Waals surface area contributed by atoms with Crippen molar-refractivity contribution in [3.63, 3.8) is 0 Å². The Morgan fingerprint density at radius 3 is 2.54 bits per heavy atom. The zero-order valence-electron chi connectivity index (χ0n) is 19.2. The van der Waals surface area contributed by atoms with Gasteiger partial charge in [0.2, 0.25) is 0 Å². The normalized spacial score (nSPS) is 11.6. The van der Waals surface area contributed by atoms with Crippen molar-refractivity contribution >= 4 is 28.3 Å². The lowest BCUT2D eigenvalue weighted by Crippen LogP contribution is -2.05. The Balaban J connectivity index is 1.57. The van der Waals surface area contributed by atoms with E-state index in [0.29, 0.717) is 29.0 Å². The molecule has 0 spiro atoms. The number of carbonyl (C=O) groups is 1. The van der Waals surface area contributed by atoms with E-state index < -0.39 is 5.97 Å². The number of nitrogens with zero attached hydrogens (tertiary/aromatic N) is 2. The van der Waals surface area contributed by atoms with Crippen molar-refractivity contribution in [2.24, 2.45) is 4.99 Å². The van der Waals surface area contributed by atoms with Crippen LogP contribution in [0.15, 0.2) is 90.3 Å². The van der Waals surface area contributed by atoms with E-state index in [1.807, 2.05) is 60.8 Å². The largest absolute Gasteiger partial charge is 0.494 e. The molecule has 0 aliphatic carbocycles. The molecule has 0 radical (unpaired) electrons. The molecule has 0 aliphatic rings. The molecule has 3 N–H and O–H groups in total. The number of hydrogen-bond acceptors (Lipinski definition) is 5. The SMILES string of the molecule is CCOC(=O)c1ccc2c(C(=Nc3ccc(Cc4cnc[nH]4)cc3)c3ccccc3)c(O)[nH]c2c1. The van der Waals surface area contributed by atoms with Crippen LogP contribution in [-0.2, 0) is 11.2 Å². The predicted octanol–water partition coefficient (Wildman–Crippen LogP) is 5.53. The molecule has 0 bridgehead atoms. The van der Waals surface area contributed by atoms with Crippen molar-refractivity contribution in [2.45, 2.75) is 13.3 Å². The summed E-state index contributed by atoms with van der Waals surface area (Å²) in [6, 6.07) is 22.9. The first-order valence-corrected chi connectivity index (χ1v) is 11.3. The van der Waals surface area contributed by atoms with Gasteiger partial charge in [-0.05, 0) is 36.8 Å². The highest BCUT2D eigenvalue weighted by Crippen LogP contribution is 2.32. The number of ether oxygens (including phenoxy) is 1. The molecule has 0 fully saturated rings. The monoisotopic (exact) mass is 464 g/mol. The number of fused-ring (bicyclic) bond motifs is 1. The van der Waals surface area contributed by atoms with E-state index in [4.69, 9.17) is 9.73 Å². The standard InChI is InChI=1S/C28H24N4O3/c1-2-35-28(34)20-10-13-23-24(15-20)32-27(33)25(23)26(19-6-4-3-5-7-19)31-21-11-8-18(9-12-21)14-22-16-29-17-30-22/h3-13,15-17,32-33H,2,14H2,1H3,(H,29,30). The van der Waals surface area contributed by atoms with Crippen LogP contribution in [0, 0.1) is 0 Å². The number of imidazole rings is 1. The molecule has 0 aliphatic heterocycles. The zero-order valence-corrected chi connectivity index (χ0v) is 19.2. The van der Waals surface area contributed by atoms with E-state index >= 15 is 0 Å². The third kappa shape index (κ3) is 4.70. The number of H-pyrrole nitrogens is 2. The van der Waals surface area contributed by atoms with Gasteiger partial charge in [0.25, 0.3) is 0 Å². The summed E-state index contributed by atoms with van der Waals surface area (Å²) in [5, 5.41) is 11.7. The second kappa shape index (κ2) is 9.69. The lowest BCUT2D eigenvalue weighted by atomic mass is 10.00. The minimum atomic E-state index is -0.405. The summed E-state index contributed by atoms with van der Waals surface area (Å²) >= 11 is 0. The molecular formula is C28H24N4O3. The number of carbonyl (C=O) groups excluding carboxylic acids is 1. The molecule has 0 saturated heterocycles. The topological polar surface area (TPSA) is 103 Å². The van der Waals surface area contributed by atoms with E-state index in [9.17, 15) is 9.90 Å². The molecular weight excluding hydrogens is 440 g/mol. The molecule has 2 aromatic heterocycles. The number of aromatic amines is 2. The zero-order chi connectivity index (χ0) is 24.2. The number of aliphatic imine (C=N–C) groups is 1. The van der Waals surface area contributed by atoms with E-state index in [2.05, 4.69) is 15.0 Å². The van der Waals surface area contributed by atoms with Crippen molar-refractivity contribution in [3.05, 3.63) is 113 Å². The number of aromatic nitrogens is 3. The van der Waals surface area contributed by atoms with Crippen LogP contribution < -0.4 is 0 Å². The Morgan fingerprint density at radius 2 is 1.83 bits per heavy atom. The molecule has 0 unspecified atom stereocenters. The summed E-state index contributed by atoms with van der Waals surface area (Å²) in [7, 11) is 0. The highest BCUT2D eigenvalue weighted by atomic mass is 16.5. The fraction of sp³-hybridized carbons (Fsp3) is 0.107.